The lowest BCUT2D eigenvalue weighted by Gasteiger charge is -2.11. The van der Waals surface area contributed by atoms with Crippen LogP contribution in [0.25, 0.3) is 0 Å². The highest BCUT2D eigenvalue weighted by Crippen LogP contribution is 2.13. The van der Waals surface area contributed by atoms with Crippen LogP contribution in [-0.2, 0) is 14.3 Å². The number of aldehydes is 1. The molecule has 5 unspecified atom stereocenters. The van der Waals surface area contributed by atoms with Crippen LogP contribution < -0.4 is 5.32 Å². The Balaban J connectivity index is 0. The molecule has 9 N–H and O–H groups in total. The van der Waals surface area contributed by atoms with Gasteiger partial charge in [-0.3, -0.25) is 14.6 Å². The fraction of sp³-hybridized carbons (Fsp3) is 0.417. The summed E-state index contributed by atoms with van der Waals surface area (Å²) in [7, 11) is 4.38. The van der Waals surface area contributed by atoms with Gasteiger partial charge in [-0.25, -0.2) is 9.78 Å². The number of methoxy groups -OCH3 is 2. The number of carboxylic acids is 2. The number of nitrogens with one attached hydrogen (secondary N) is 1. The van der Waals surface area contributed by atoms with Gasteiger partial charge in [-0.15, -0.1) is 0 Å². The minimum Gasteiger partial charge on any atom is -0.507 e. The largest absolute Gasteiger partial charge is 0.507 e. The van der Waals surface area contributed by atoms with Crippen molar-refractivity contribution in [2.24, 2.45) is 4.99 Å². The Labute approximate surface area is 303 Å². The second-order valence-electron chi connectivity index (χ2n) is 10.7. The summed E-state index contributed by atoms with van der Waals surface area (Å²) < 4.78 is 8.88. The molecule has 4 rings (SSSR count). The van der Waals surface area contributed by atoms with E-state index in [1.54, 1.807) is 69.6 Å². The van der Waals surface area contributed by atoms with Gasteiger partial charge in [-0.2, -0.15) is 0 Å². The highest BCUT2D eigenvalue weighted by Gasteiger charge is 2.20. The number of benzene rings is 2. The fourth-order valence-electron chi connectivity index (χ4n) is 3.57. The first-order valence-corrected chi connectivity index (χ1v) is 15.9. The maximum absolute atomic E-state index is 10.1. The SMILES string of the molecule is CC(O)CC(C)O.CN=Cc1ccccc1O.COC(O)CC(O)OC.O=C(O)C1CCCN1.O=C(O)c1ccccn1.O=Cc1ccccc1O. The second-order valence-corrected chi connectivity index (χ2v) is 10.7. The summed E-state index contributed by atoms with van der Waals surface area (Å²) in [4.78, 5) is 37.7. The van der Waals surface area contributed by atoms with Crippen molar-refractivity contribution in [3.63, 3.8) is 0 Å². The first-order chi connectivity index (χ1) is 24.6. The molecule has 16 heteroatoms. The third kappa shape index (κ3) is 27.0. The number of aliphatic imine (C=N–C) groups is 1. The van der Waals surface area contributed by atoms with Crippen LogP contribution in [0.15, 0.2) is 77.9 Å². The molecule has 3 aromatic rings. The summed E-state index contributed by atoms with van der Waals surface area (Å²) in [6, 6.07) is 18.0. The number of aromatic hydroxyl groups is 2. The average Bonchev–Trinajstić information content (AvgIpc) is 3.67. The summed E-state index contributed by atoms with van der Waals surface area (Å²) in [5.41, 5.74) is 1.17. The van der Waals surface area contributed by atoms with E-state index in [0.717, 1.165) is 24.9 Å². The number of para-hydroxylation sites is 2. The molecule has 0 amide bonds. The van der Waals surface area contributed by atoms with E-state index in [1.807, 2.05) is 12.1 Å². The quantitative estimate of drug-likeness (QED) is 0.0823. The zero-order chi connectivity index (χ0) is 39.9. The van der Waals surface area contributed by atoms with Gasteiger partial charge in [0.05, 0.1) is 17.8 Å². The minimum absolute atomic E-state index is 0.0347. The Bertz CT molecular complexity index is 1370. The third-order valence-corrected chi connectivity index (χ3v) is 6.14. The molecule has 1 aromatic heterocycles. The fourth-order valence-corrected chi connectivity index (χ4v) is 3.57. The van der Waals surface area contributed by atoms with Crippen LogP contribution in [0.1, 0.15) is 65.9 Å². The number of aromatic nitrogens is 1. The van der Waals surface area contributed by atoms with Crippen molar-refractivity contribution in [1.29, 1.82) is 0 Å². The highest BCUT2D eigenvalue weighted by molar-refractivity contribution is 5.85. The molecule has 16 nitrogen and oxygen atoms in total. The summed E-state index contributed by atoms with van der Waals surface area (Å²) in [6.45, 7) is 4.18. The van der Waals surface area contributed by atoms with Crippen LogP contribution in [0.3, 0.4) is 0 Å². The number of phenols is 2. The first-order valence-electron chi connectivity index (χ1n) is 15.9. The number of hydrogen-bond acceptors (Lipinski definition) is 14. The number of pyridine rings is 1. The molecular weight excluding hydrogens is 682 g/mol. The lowest BCUT2D eigenvalue weighted by Crippen LogP contribution is -2.29. The second kappa shape index (κ2) is 31.0. The van der Waals surface area contributed by atoms with Gasteiger partial charge in [0.1, 0.15) is 23.2 Å². The van der Waals surface area contributed by atoms with Crippen molar-refractivity contribution < 1.29 is 64.7 Å². The molecule has 0 aliphatic carbocycles. The zero-order valence-corrected chi connectivity index (χ0v) is 30.0. The molecule has 5 atom stereocenters. The molecule has 0 radical (unpaired) electrons. The molecule has 0 saturated carbocycles. The summed E-state index contributed by atoms with van der Waals surface area (Å²) in [5.74, 6) is -1.40. The number of hydrogen-bond donors (Lipinski definition) is 9. The van der Waals surface area contributed by atoms with Gasteiger partial charge in [0.25, 0.3) is 0 Å². The average molecular weight is 736 g/mol. The van der Waals surface area contributed by atoms with Crippen LogP contribution in [-0.4, -0.2) is 129 Å². The van der Waals surface area contributed by atoms with E-state index in [0.29, 0.717) is 18.3 Å². The number of aliphatic carboxylic acids is 1. The van der Waals surface area contributed by atoms with Crippen LogP contribution >= 0.6 is 0 Å². The molecule has 1 saturated heterocycles. The number of phenolic OH excluding ortho intramolecular Hbond substituents is 2. The first kappa shape index (κ1) is 49.3. The number of carbonyl (C=O) groups excluding carboxylic acids is 1. The van der Waals surface area contributed by atoms with Crippen LogP contribution in [0.5, 0.6) is 11.5 Å². The monoisotopic (exact) mass is 735 g/mol. The van der Waals surface area contributed by atoms with Crippen molar-refractivity contribution in [3.8, 4) is 11.5 Å². The summed E-state index contributed by atoms with van der Waals surface area (Å²) in [5, 5.41) is 72.1. The van der Waals surface area contributed by atoms with E-state index in [2.05, 4.69) is 24.8 Å². The Morgan fingerprint density at radius 2 is 1.35 bits per heavy atom. The number of aliphatic hydroxyl groups excluding tert-OH is 4. The number of rotatable bonds is 10. The molecule has 52 heavy (non-hydrogen) atoms. The maximum Gasteiger partial charge on any atom is 0.354 e. The zero-order valence-electron chi connectivity index (χ0n) is 30.0. The smallest absolute Gasteiger partial charge is 0.354 e. The predicted molar refractivity (Wildman–Crippen MR) is 194 cm³/mol. The van der Waals surface area contributed by atoms with E-state index in [4.69, 9.17) is 40.9 Å². The molecule has 2 aromatic carbocycles. The van der Waals surface area contributed by atoms with Gasteiger partial charge in [0, 0.05) is 45.7 Å². The summed E-state index contributed by atoms with van der Waals surface area (Å²) in [6.07, 6.45) is 3.38. The van der Waals surface area contributed by atoms with Gasteiger partial charge >= 0.3 is 11.9 Å². The number of ether oxygens (including phenoxy) is 2. The van der Waals surface area contributed by atoms with Crippen LogP contribution in [0, 0.1) is 0 Å². The minimum atomic E-state index is -0.990. The Kier molecular flexibility index (Phi) is 29.4. The van der Waals surface area contributed by atoms with E-state index in [-0.39, 0.29) is 41.9 Å². The van der Waals surface area contributed by atoms with Gasteiger partial charge in [-0.1, -0.05) is 30.3 Å². The lowest BCUT2D eigenvalue weighted by atomic mass is 10.2. The van der Waals surface area contributed by atoms with Crippen LogP contribution in [0.2, 0.25) is 0 Å². The molecule has 0 spiro atoms. The topological polar surface area (TPSA) is 269 Å². The van der Waals surface area contributed by atoms with E-state index in [1.165, 1.54) is 32.5 Å². The van der Waals surface area contributed by atoms with E-state index in [9.17, 15) is 14.4 Å². The van der Waals surface area contributed by atoms with Crippen molar-refractivity contribution in [3.05, 3.63) is 89.7 Å². The summed E-state index contributed by atoms with van der Waals surface area (Å²) >= 11 is 0. The Hall–Kier alpha value is -4.81. The van der Waals surface area contributed by atoms with Crippen LogP contribution in [0.4, 0.5) is 0 Å². The highest BCUT2D eigenvalue weighted by atomic mass is 16.6. The number of aliphatic hydroxyl groups is 4. The van der Waals surface area contributed by atoms with Gasteiger partial charge in [0.15, 0.2) is 18.9 Å². The van der Waals surface area contributed by atoms with E-state index >= 15 is 0 Å². The van der Waals surface area contributed by atoms with Crippen molar-refractivity contribution in [2.75, 3.05) is 27.8 Å². The van der Waals surface area contributed by atoms with Crippen molar-refractivity contribution in [2.45, 2.75) is 70.4 Å². The normalized spacial score (nSPS) is 15.0. The molecule has 1 aliphatic rings. The number of aromatic carboxylic acids is 1. The maximum atomic E-state index is 10.1. The van der Waals surface area contributed by atoms with Gasteiger partial charge in [0.2, 0.25) is 0 Å². The molecule has 2 heterocycles. The number of carbonyl (C=O) groups is 3. The number of carboxylic acid groups (broad SMARTS) is 2. The molecule has 290 valence electrons. The Morgan fingerprint density at radius 3 is 1.62 bits per heavy atom. The number of nitrogens with zero attached hydrogens (tertiary/aromatic N) is 2. The Morgan fingerprint density at radius 1 is 0.846 bits per heavy atom. The van der Waals surface area contributed by atoms with Gasteiger partial charge < -0.3 is 55.6 Å². The molecule has 1 fully saturated rings. The van der Waals surface area contributed by atoms with Crippen molar-refractivity contribution >= 4 is 24.4 Å². The van der Waals surface area contributed by atoms with Gasteiger partial charge in [-0.05, 0) is 76.1 Å². The molecule has 1 aliphatic heterocycles. The predicted octanol–water partition coefficient (Wildman–Crippen LogP) is 2.69. The lowest BCUT2D eigenvalue weighted by molar-refractivity contribution is -0.155. The van der Waals surface area contributed by atoms with Crippen molar-refractivity contribution in [1.82, 2.24) is 10.3 Å². The standard InChI is InChI=1S/C8H9NO.C7H6O2.C6H5NO2.C5H9NO2.C5H12O4.C5H12O2/c1-9-6-7-4-2-3-5-8(7)10;8-5-6-3-1-2-4-7(6)9;8-6(9)5-3-1-2-4-7-5;7-5(8)4-2-1-3-6-4;1-8-4(6)3-5(7)9-2;1-4(6)3-5(2)7/h2-6,10H,1H3;1-5,9H;1-4H,(H,8,9);4,6H,1-3H2,(H,7,8);4-7H,3H2,1-2H3;4-7H,3H2,1-2H3. The molecular formula is C36H53N3O13. The third-order valence-electron chi connectivity index (χ3n) is 6.14. The van der Waals surface area contributed by atoms with E-state index < -0.39 is 24.5 Å². The molecule has 0 bridgehead atoms.